The number of nitrogens with one attached hydrogen (secondary N) is 1. The van der Waals surface area contributed by atoms with Gasteiger partial charge in [-0.05, 0) is 27.0 Å². The number of hydrogen-bond acceptors (Lipinski definition) is 3. The molecule has 0 heterocycles. The predicted molar refractivity (Wildman–Crippen MR) is 66.1 cm³/mol. The van der Waals surface area contributed by atoms with Crippen molar-refractivity contribution in [2.45, 2.75) is 20.4 Å². The summed E-state index contributed by atoms with van der Waals surface area (Å²) < 4.78 is 19.0. The summed E-state index contributed by atoms with van der Waals surface area (Å²) in [5.41, 5.74) is -0.391. The zero-order chi connectivity index (χ0) is 13.8. The van der Waals surface area contributed by atoms with E-state index in [4.69, 9.17) is 9.84 Å². The summed E-state index contributed by atoms with van der Waals surface area (Å²) in [7, 11) is 1.75. The van der Waals surface area contributed by atoms with E-state index in [9.17, 15) is 9.18 Å². The number of carbonyl (C=O) groups is 1. The van der Waals surface area contributed by atoms with E-state index in [0.717, 1.165) is 0 Å². The van der Waals surface area contributed by atoms with Crippen molar-refractivity contribution < 1.29 is 19.0 Å². The minimum Gasteiger partial charge on any atom is -0.489 e. The summed E-state index contributed by atoms with van der Waals surface area (Å²) in [6.07, 6.45) is 0. The molecule has 0 aromatic heterocycles. The highest BCUT2D eigenvalue weighted by Crippen LogP contribution is 2.25. The van der Waals surface area contributed by atoms with Crippen LogP contribution in [0, 0.1) is 11.2 Å². The molecule has 2 N–H and O–H groups in total. The van der Waals surface area contributed by atoms with Gasteiger partial charge in [0, 0.05) is 12.1 Å². The number of carboxylic acid groups (broad SMARTS) is 1. The van der Waals surface area contributed by atoms with Gasteiger partial charge in [0.15, 0.2) is 11.6 Å². The van der Waals surface area contributed by atoms with Gasteiger partial charge in [-0.25, -0.2) is 4.39 Å². The smallest absolute Gasteiger partial charge is 0.312 e. The van der Waals surface area contributed by atoms with Gasteiger partial charge in [-0.15, -0.1) is 0 Å². The second-order valence-electron chi connectivity index (χ2n) is 4.74. The minimum absolute atomic E-state index is 0.0834. The number of ether oxygens (including phenoxy) is 1. The van der Waals surface area contributed by atoms with Crippen molar-refractivity contribution in [3.05, 3.63) is 29.6 Å². The van der Waals surface area contributed by atoms with Crippen LogP contribution in [0.4, 0.5) is 4.39 Å². The van der Waals surface area contributed by atoms with Crippen molar-refractivity contribution in [3.8, 4) is 5.75 Å². The Morgan fingerprint density at radius 2 is 2.17 bits per heavy atom. The lowest BCUT2D eigenvalue weighted by Gasteiger charge is -2.21. The second kappa shape index (κ2) is 5.82. The molecule has 0 atom stereocenters. The molecule has 0 aliphatic carbocycles. The number of benzene rings is 1. The topological polar surface area (TPSA) is 58.6 Å². The Bertz CT molecular complexity index is 432. The van der Waals surface area contributed by atoms with Crippen molar-refractivity contribution in [2.75, 3.05) is 13.7 Å². The molecule has 0 spiro atoms. The first-order valence-electron chi connectivity index (χ1n) is 5.66. The van der Waals surface area contributed by atoms with Crippen LogP contribution in [0.15, 0.2) is 18.2 Å². The maximum absolute atomic E-state index is 13.6. The van der Waals surface area contributed by atoms with Crippen LogP contribution in [0.1, 0.15) is 19.4 Å². The summed E-state index contributed by atoms with van der Waals surface area (Å²) in [4.78, 5) is 11.0. The van der Waals surface area contributed by atoms with E-state index in [1.807, 2.05) is 0 Å². The molecule has 0 fully saturated rings. The third-order valence-electron chi connectivity index (χ3n) is 2.57. The highest BCUT2D eigenvalue weighted by molar-refractivity contribution is 5.73. The molecule has 0 bridgehead atoms. The Morgan fingerprint density at radius 1 is 1.50 bits per heavy atom. The minimum atomic E-state index is -1.06. The summed E-state index contributed by atoms with van der Waals surface area (Å²) >= 11 is 0. The number of para-hydroxylation sites is 1. The van der Waals surface area contributed by atoms with Crippen LogP contribution in [0.25, 0.3) is 0 Å². The number of halogens is 1. The standard InChI is InChI=1S/C13H18FNO3/c1-13(2,12(16)17)8-18-11-9(7-15-3)5-4-6-10(11)14/h4-6,15H,7-8H2,1-3H3,(H,16,17). The third kappa shape index (κ3) is 3.43. The summed E-state index contributed by atoms with van der Waals surface area (Å²) in [5, 5.41) is 11.9. The fraction of sp³-hybridized carbons (Fsp3) is 0.462. The van der Waals surface area contributed by atoms with Crippen molar-refractivity contribution in [2.24, 2.45) is 5.41 Å². The molecule has 0 aliphatic heterocycles. The molecule has 1 aromatic rings. The quantitative estimate of drug-likeness (QED) is 0.816. The van der Waals surface area contributed by atoms with E-state index in [1.54, 1.807) is 19.2 Å². The van der Waals surface area contributed by atoms with Crippen LogP contribution in [0.3, 0.4) is 0 Å². The average molecular weight is 255 g/mol. The van der Waals surface area contributed by atoms with Crippen LogP contribution >= 0.6 is 0 Å². The number of rotatable bonds is 6. The van der Waals surface area contributed by atoms with Gasteiger partial charge in [0.25, 0.3) is 0 Å². The first kappa shape index (κ1) is 14.4. The monoisotopic (exact) mass is 255 g/mol. The van der Waals surface area contributed by atoms with Gasteiger partial charge in [0.05, 0.1) is 5.41 Å². The Hall–Kier alpha value is -1.62. The summed E-state index contributed by atoms with van der Waals surface area (Å²) in [6.45, 7) is 3.45. The van der Waals surface area contributed by atoms with Crippen LogP contribution < -0.4 is 10.1 Å². The maximum Gasteiger partial charge on any atom is 0.312 e. The Labute approximate surface area is 106 Å². The number of hydrogen-bond donors (Lipinski definition) is 2. The Kier molecular flexibility index (Phi) is 4.67. The second-order valence-corrected chi connectivity index (χ2v) is 4.74. The lowest BCUT2D eigenvalue weighted by atomic mass is 9.95. The van der Waals surface area contributed by atoms with Crippen molar-refractivity contribution in [3.63, 3.8) is 0 Å². The van der Waals surface area contributed by atoms with Gasteiger partial charge in [-0.1, -0.05) is 12.1 Å². The Morgan fingerprint density at radius 3 is 2.72 bits per heavy atom. The van der Waals surface area contributed by atoms with Crippen LogP contribution in [0.2, 0.25) is 0 Å². The van der Waals surface area contributed by atoms with E-state index in [2.05, 4.69) is 5.32 Å². The lowest BCUT2D eigenvalue weighted by Crippen LogP contribution is -2.31. The SMILES string of the molecule is CNCc1cccc(F)c1OCC(C)(C)C(=O)O. The van der Waals surface area contributed by atoms with E-state index in [0.29, 0.717) is 12.1 Å². The van der Waals surface area contributed by atoms with Crippen molar-refractivity contribution in [1.82, 2.24) is 5.32 Å². The largest absolute Gasteiger partial charge is 0.489 e. The van der Waals surface area contributed by atoms with E-state index in [1.165, 1.54) is 19.9 Å². The molecule has 0 unspecified atom stereocenters. The van der Waals surface area contributed by atoms with Gasteiger partial charge < -0.3 is 15.2 Å². The van der Waals surface area contributed by atoms with Crippen LogP contribution in [-0.4, -0.2) is 24.7 Å². The highest BCUT2D eigenvalue weighted by atomic mass is 19.1. The lowest BCUT2D eigenvalue weighted by molar-refractivity contribution is -0.148. The molecule has 1 aromatic carbocycles. The van der Waals surface area contributed by atoms with E-state index in [-0.39, 0.29) is 12.4 Å². The number of aliphatic carboxylic acids is 1. The molecule has 4 nitrogen and oxygen atoms in total. The molecule has 1 rings (SSSR count). The number of carboxylic acids is 1. The summed E-state index contributed by atoms with van der Waals surface area (Å²) in [6, 6.07) is 4.63. The third-order valence-corrected chi connectivity index (χ3v) is 2.57. The molecular weight excluding hydrogens is 237 g/mol. The highest BCUT2D eigenvalue weighted by Gasteiger charge is 2.28. The van der Waals surface area contributed by atoms with Gasteiger partial charge in [-0.3, -0.25) is 4.79 Å². The fourth-order valence-electron chi connectivity index (χ4n) is 1.36. The van der Waals surface area contributed by atoms with Crippen molar-refractivity contribution >= 4 is 5.97 Å². The molecular formula is C13H18FNO3. The molecule has 18 heavy (non-hydrogen) atoms. The zero-order valence-corrected chi connectivity index (χ0v) is 10.8. The zero-order valence-electron chi connectivity index (χ0n) is 10.8. The van der Waals surface area contributed by atoms with Gasteiger partial charge in [0.2, 0.25) is 0 Å². The molecule has 5 heteroatoms. The summed E-state index contributed by atoms with van der Waals surface area (Å²) in [5.74, 6) is -1.35. The molecule has 0 radical (unpaired) electrons. The normalized spacial score (nSPS) is 11.3. The van der Waals surface area contributed by atoms with E-state index < -0.39 is 17.2 Å². The van der Waals surface area contributed by atoms with E-state index >= 15 is 0 Å². The van der Waals surface area contributed by atoms with Crippen LogP contribution in [0.5, 0.6) is 5.75 Å². The van der Waals surface area contributed by atoms with Gasteiger partial charge in [-0.2, -0.15) is 0 Å². The molecule has 0 amide bonds. The van der Waals surface area contributed by atoms with Crippen molar-refractivity contribution in [1.29, 1.82) is 0 Å². The molecule has 0 aliphatic rings. The Balaban J connectivity index is 2.87. The van der Waals surface area contributed by atoms with Gasteiger partial charge >= 0.3 is 5.97 Å². The first-order chi connectivity index (χ1) is 8.38. The maximum atomic E-state index is 13.6. The van der Waals surface area contributed by atoms with Crippen LogP contribution in [-0.2, 0) is 11.3 Å². The molecule has 100 valence electrons. The molecule has 0 saturated carbocycles. The average Bonchev–Trinajstić information content (AvgIpc) is 2.28. The first-order valence-corrected chi connectivity index (χ1v) is 5.66. The van der Waals surface area contributed by atoms with Gasteiger partial charge in [0.1, 0.15) is 6.61 Å². The molecule has 0 saturated heterocycles. The predicted octanol–water partition coefficient (Wildman–Crippen LogP) is 2.03. The fourth-order valence-corrected chi connectivity index (χ4v) is 1.36.